The van der Waals surface area contributed by atoms with Crippen molar-refractivity contribution in [1.29, 1.82) is 0 Å². The van der Waals surface area contributed by atoms with Crippen molar-refractivity contribution in [1.82, 2.24) is 10.2 Å². The number of sulfonamides is 1. The third-order valence-corrected chi connectivity index (χ3v) is 7.39. The lowest BCUT2D eigenvalue weighted by Gasteiger charge is -2.32. The third kappa shape index (κ3) is 8.51. The summed E-state index contributed by atoms with van der Waals surface area (Å²) in [7, 11) is -4.19. The number of alkyl halides is 3. The highest BCUT2D eigenvalue weighted by molar-refractivity contribution is 7.92. The van der Waals surface area contributed by atoms with E-state index in [0.29, 0.717) is 27.4 Å². The molecule has 2 aromatic carbocycles. The average molecular weight is 582 g/mol. The third-order valence-electron chi connectivity index (χ3n) is 5.66. The monoisotopic (exact) mass is 581 g/mol. The predicted octanol–water partition coefficient (Wildman–Crippen LogP) is 5.11. The molecule has 0 saturated carbocycles. The minimum absolute atomic E-state index is 0.176. The second-order valence-electron chi connectivity index (χ2n) is 8.57. The van der Waals surface area contributed by atoms with E-state index >= 15 is 0 Å². The van der Waals surface area contributed by atoms with E-state index in [1.807, 2.05) is 6.92 Å². The molecular weight excluding hydrogens is 554 g/mol. The summed E-state index contributed by atoms with van der Waals surface area (Å²) in [6, 6.07) is 6.95. The van der Waals surface area contributed by atoms with Crippen molar-refractivity contribution >= 4 is 50.7 Å². The van der Waals surface area contributed by atoms with Gasteiger partial charge in [-0.05, 0) is 56.2 Å². The van der Waals surface area contributed by atoms with Gasteiger partial charge in [-0.15, -0.1) is 0 Å². The van der Waals surface area contributed by atoms with Crippen LogP contribution in [0.1, 0.15) is 38.3 Å². The van der Waals surface area contributed by atoms with Crippen LogP contribution in [0.4, 0.5) is 18.9 Å². The Kier molecular flexibility index (Phi) is 10.3. The Hall–Kier alpha value is -2.50. The zero-order valence-corrected chi connectivity index (χ0v) is 23.0. The topological polar surface area (TPSA) is 86.8 Å². The molecule has 7 nitrogen and oxygen atoms in total. The normalized spacial score (nSPS) is 13.5. The van der Waals surface area contributed by atoms with E-state index in [0.717, 1.165) is 29.4 Å². The summed E-state index contributed by atoms with van der Waals surface area (Å²) in [4.78, 5) is 27.5. The smallest absolute Gasteiger partial charge is 0.352 e. The zero-order valence-electron chi connectivity index (χ0n) is 20.6. The first-order chi connectivity index (χ1) is 17.0. The van der Waals surface area contributed by atoms with Gasteiger partial charge in [-0.1, -0.05) is 42.3 Å². The standard InChI is InChI=1S/C24H28Cl2F3N3O4S/c1-5-15(2)30-23(34)16(3)31(13-17-9-10-19(25)12-21(17)26)22(33)14-32(37(4,35)36)20-8-6-7-18(11-20)24(27,28)29/h6-12,15-16H,5,13-14H2,1-4H3,(H,30,34)/t15-,16+/m1/s1. The fraction of sp³-hybridized carbons (Fsp3) is 0.417. The number of carbonyl (C=O) groups excluding carboxylic acids is 2. The molecule has 2 atom stereocenters. The second kappa shape index (κ2) is 12.4. The summed E-state index contributed by atoms with van der Waals surface area (Å²) in [5, 5.41) is 3.34. The Morgan fingerprint density at radius 2 is 1.73 bits per heavy atom. The molecule has 204 valence electrons. The van der Waals surface area contributed by atoms with Gasteiger partial charge in [0.15, 0.2) is 0 Å². The van der Waals surface area contributed by atoms with Gasteiger partial charge in [0.25, 0.3) is 0 Å². The summed E-state index contributed by atoms with van der Waals surface area (Å²) >= 11 is 12.2. The van der Waals surface area contributed by atoms with Gasteiger partial charge >= 0.3 is 6.18 Å². The Morgan fingerprint density at radius 1 is 1.08 bits per heavy atom. The zero-order chi connectivity index (χ0) is 28.1. The fourth-order valence-electron chi connectivity index (χ4n) is 3.33. The number of rotatable bonds is 10. The van der Waals surface area contributed by atoms with E-state index in [-0.39, 0.29) is 23.3 Å². The van der Waals surface area contributed by atoms with Gasteiger partial charge in [0, 0.05) is 22.6 Å². The number of carbonyl (C=O) groups is 2. The van der Waals surface area contributed by atoms with Crippen LogP contribution in [0.15, 0.2) is 42.5 Å². The van der Waals surface area contributed by atoms with Crippen molar-refractivity contribution in [2.75, 3.05) is 17.1 Å². The predicted molar refractivity (Wildman–Crippen MR) is 138 cm³/mol. The molecule has 0 aromatic heterocycles. The molecular formula is C24H28Cl2F3N3O4S. The number of hydrogen-bond donors (Lipinski definition) is 1. The van der Waals surface area contributed by atoms with Gasteiger partial charge in [-0.2, -0.15) is 13.2 Å². The van der Waals surface area contributed by atoms with Crippen molar-refractivity contribution < 1.29 is 31.2 Å². The molecule has 0 aliphatic heterocycles. The van der Waals surface area contributed by atoms with Crippen LogP contribution in [0.25, 0.3) is 0 Å². The summed E-state index contributed by atoms with van der Waals surface area (Å²) in [6.45, 7) is 4.10. The lowest BCUT2D eigenvalue weighted by molar-refractivity contribution is -0.139. The van der Waals surface area contributed by atoms with Crippen LogP contribution in [0.2, 0.25) is 10.0 Å². The van der Waals surface area contributed by atoms with Crippen molar-refractivity contribution in [2.45, 2.75) is 52.0 Å². The van der Waals surface area contributed by atoms with Crippen LogP contribution >= 0.6 is 23.2 Å². The first-order valence-electron chi connectivity index (χ1n) is 11.2. The molecule has 2 rings (SSSR count). The number of nitrogens with one attached hydrogen (secondary N) is 1. The number of hydrogen-bond acceptors (Lipinski definition) is 4. The van der Waals surface area contributed by atoms with Crippen molar-refractivity contribution in [3.8, 4) is 0 Å². The van der Waals surface area contributed by atoms with Crippen LogP contribution in [-0.4, -0.2) is 50.0 Å². The number of halogens is 5. The van der Waals surface area contributed by atoms with Gasteiger partial charge < -0.3 is 10.2 Å². The summed E-state index contributed by atoms with van der Waals surface area (Å²) in [6.07, 6.45) is -3.31. The summed E-state index contributed by atoms with van der Waals surface area (Å²) < 4.78 is 65.4. The van der Waals surface area contributed by atoms with Crippen LogP contribution in [0.3, 0.4) is 0 Å². The van der Waals surface area contributed by atoms with Gasteiger partial charge in [0.1, 0.15) is 12.6 Å². The molecule has 0 bridgehead atoms. The highest BCUT2D eigenvalue weighted by Gasteiger charge is 2.34. The van der Waals surface area contributed by atoms with Gasteiger partial charge in [-0.3, -0.25) is 13.9 Å². The van der Waals surface area contributed by atoms with Crippen molar-refractivity contribution in [3.05, 3.63) is 63.6 Å². The second-order valence-corrected chi connectivity index (χ2v) is 11.3. The quantitative estimate of drug-likeness (QED) is 0.422. The summed E-state index contributed by atoms with van der Waals surface area (Å²) in [5.41, 5.74) is -0.975. The Balaban J connectivity index is 2.48. The largest absolute Gasteiger partial charge is 0.416 e. The molecule has 0 spiro atoms. The maximum absolute atomic E-state index is 13.5. The fourth-order valence-corrected chi connectivity index (χ4v) is 4.64. The van der Waals surface area contributed by atoms with Crippen molar-refractivity contribution in [3.63, 3.8) is 0 Å². The molecule has 37 heavy (non-hydrogen) atoms. The van der Waals surface area contributed by atoms with Crippen LogP contribution < -0.4 is 9.62 Å². The molecule has 0 aliphatic carbocycles. The highest BCUT2D eigenvalue weighted by Crippen LogP contribution is 2.32. The molecule has 13 heteroatoms. The molecule has 0 fully saturated rings. The number of anilines is 1. The van der Waals surface area contributed by atoms with E-state index in [4.69, 9.17) is 23.2 Å². The van der Waals surface area contributed by atoms with Gasteiger partial charge in [-0.25, -0.2) is 8.42 Å². The molecule has 2 aromatic rings. The van der Waals surface area contributed by atoms with E-state index in [9.17, 15) is 31.2 Å². The Bertz CT molecular complexity index is 1240. The maximum atomic E-state index is 13.5. The van der Waals surface area contributed by atoms with E-state index < -0.39 is 46.2 Å². The van der Waals surface area contributed by atoms with Crippen LogP contribution in [0.5, 0.6) is 0 Å². The number of amides is 2. The lowest BCUT2D eigenvalue weighted by atomic mass is 10.1. The minimum atomic E-state index is -4.72. The molecule has 0 aliphatic rings. The SMILES string of the molecule is CC[C@@H](C)NC(=O)[C@H](C)N(Cc1ccc(Cl)cc1Cl)C(=O)CN(c1cccc(C(F)(F)F)c1)S(C)(=O)=O. The van der Waals surface area contributed by atoms with Gasteiger partial charge in [0.05, 0.1) is 17.5 Å². The first-order valence-corrected chi connectivity index (χ1v) is 13.8. The Labute approximate surface area is 224 Å². The molecule has 0 radical (unpaired) electrons. The van der Waals surface area contributed by atoms with E-state index in [1.54, 1.807) is 19.1 Å². The average Bonchev–Trinajstić information content (AvgIpc) is 2.80. The highest BCUT2D eigenvalue weighted by atomic mass is 35.5. The van der Waals surface area contributed by atoms with Gasteiger partial charge in [0.2, 0.25) is 21.8 Å². The summed E-state index contributed by atoms with van der Waals surface area (Å²) in [5.74, 6) is -1.31. The number of benzene rings is 2. The maximum Gasteiger partial charge on any atom is 0.416 e. The molecule has 2 amide bonds. The molecule has 0 saturated heterocycles. The minimum Gasteiger partial charge on any atom is -0.352 e. The van der Waals surface area contributed by atoms with E-state index in [1.165, 1.54) is 13.0 Å². The Morgan fingerprint density at radius 3 is 2.27 bits per heavy atom. The molecule has 0 unspecified atom stereocenters. The first kappa shape index (κ1) is 30.7. The molecule has 0 heterocycles. The van der Waals surface area contributed by atoms with E-state index in [2.05, 4.69) is 5.32 Å². The number of nitrogens with zero attached hydrogens (tertiary/aromatic N) is 2. The van der Waals surface area contributed by atoms with Crippen LogP contribution in [0, 0.1) is 0 Å². The lowest BCUT2D eigenvalue weighted by Crippen LogP contribution is -2.52. The van der Waals surface area contributed by atoms with Crippen LogP contribution in [-0.2, 0) is 32.3 Å². The molecule has 1 N–H and O–H groups in total. The van der Waals surface area contributed by atoms with Crippen molar-refractivity contribution in [2.24, 2.45) is 0 Å².